The molecule has 0 saturated heterocycles. The Morgan fingerprint density at radius 3 is 2.57 bits per heavy atom. The Labute approximate surface area is 167 Å². The number of carbonyl (C=O) groups is 3. The molecule has 2 rings (SSSR count). The molecule has 0 bridgehead atoms. The summed E-state index contributed by atoms with van der Waals surface area (Å²) in [5.41, 5.74) is 5.84. The molecule has 0 aliphatic carbocycles. The largest absolute Gasteiger partial charge is 0.483 e. The van der Waals surface area contributed by atoms with Crippen molar-refractivity contribution in [2.24, 2.45) is 0 Å². The van der Waals surface area contributed by atoms with E-state index in [-0.39, 0.29) is 19.1 Å². The van der Waals surface area contributed by atoms with Crippen molar-refractivity contribution in [2.45, 2.75) is 33.2 Å². The molecule has 3 amide bonds. The number of ether oxygens (including phenoxy) is 1. The first kappa shape index (κ1) is 21.3. The highest BCUT2D eigenvalue weighted by atomic mass is 35.5. The minimum absolute atomic E-state index is 0.0597. The van der Waals surface area contributed by atoms with E-state index < -0.39 is 17.7 Å². The Balaban J connectivity index is 1.80. The van der Waals surface area contributed by atoms with Gasteiger partial charge < -0.3 is 14.5 Å². The van der Waals surface area contributed by atoms with Crippen LogP contribution in [0.3, 0.4) is 0 Å². The van der Waals surface area contributed by atoms with Crippen molar-refractivity contribution in [1.29, 1.82) is 0 Å². The molecular weight excluding hydrogens is 386 g/mol. The molecule has 3 N–H and O–H groups in total. The lowest BCUT2D eigenvalue weighted by molar-refractivity contribution is -0.141. The van der Waals surface area contributed by atoms with Gasteiger partial charge in [-0.2, -0.15) is 0 Å². The second kappa shape index (κ2) is 9.80. The first-order valence-corrected chi connectivity index (χ1v) is 8.98. The van der Waals surface area contributed by atoms with Crippen molar-refractivity contribution >= 4 is 29.3 Å². The zero-order valence-electron chi connectivity index (χ0n) is 15.8. The number of amides is 3. The number of furan rings is 1. The summed E-state index contributed by atoms with van der Waals surface area (Å²) >= 11 is 6.14. The minimum Gasteiger partial charge on any atom is -0.483 e. The van der Waals surface area contributed by atoms with Gasteiger partial charge in [0, 0.05) is 5.02 Å². The van der Waals surface area contributed by atoms with Gasteiger partial charge in [0.05, 0.1) is 12.8 Å². The second-order valence-electron chi connectivity index (χ2n) is 6.35. The van der Waals surface area contributed by atoms with Crippen molar-refractivity contribution in [3.05, 3.63) is 52.4 Å². The fraction of sp³-hybridized carbons (Fsp3) is 0.316. The van der Waals surface area contributed by atoms with Crippen molar-refractivity contribution in [3.8, 4) is 5.75 Å². The lowest BCUT2D eigenvalue weighted by Gasteiger charge is -2.16. The first-order chi connectivity index (χ1) is 13.3. The van der Waals surface area contributed by atoms with E-state index in [4.69, 9.17) is 20.8 Å². The smallest absolute Gasteiger partial charge is 0.327 e. The molecule has 1 heterocycles. The van der Waals surface area contributed by atoms with E-state index in [1.54, 1.807) is 24.3 Å². The van der Waals surface area contributed by atoms with E-state index in [9.17, 15) is 14.4 Å². The van der Waals surface area contributed by atoms with E-state index in [1.807, 2.05) is 26.2 Å². The molecule has 0 fully saturated rings. The maximum absolute atomic E-state index is 11.9. The summed E-state index contributed by atoms with van der Waals surface area (Å²) < 4.78 is 10.6. The van der Waals surface area contributed by atoms with Gasteiger partial charge in [0.1, 0.15) is 11.5 Å². The third-order valence-electron chi connectivity index (χ3n) is 3.80. The molecule has 0 atom stereocenters. The van der Waals surface area contributed by atoms with Gasteiger partial charge in [0.2, 0.25) is 0 Å². The third kappa shape index (κ3) is 6.02. The Kier molecular flexibility index (Phi) is 7.45. The minimum atomic E-state index is -1.01. The molecule has 0 unspecified atom stereocenters. The fourth-order valence-corrected chi connectivity index (χ4v) is 2.44. The molecule has 0 saturated carbocycles. The van der Waals surface area contributed by atoms with Crippen LogP contribution < -0.4 is 20.9 Å². The Morgan fingerprint density at radius 1 is 1.18 bits per heavy atom. The van der Waals surface area contributed by atoms with Crippen molar-refractivity contribution in [2.75, 3.05) is 6.61 Å². The molecule has 1 aromatic carbocycles. The maximum atomic E-state index is 11.9. The number of rotatable bonds is 6. The second-order valence-corrected chi connectivity index (χ2v) is 6.75. The van der Waals surface area contributed by atoms with Gasteiger partial charge in [0.25, 0.3) is 5.91 Å². The number of hydrogen-bond donors (Lipinski definition) is 3. The van der Waals surface area contributed by atoms with Crippen LogP contribution in [0, 0.1) is 6.92 Å². The molecule has 0 aliphatic rings. The topological polar surface area (TPSA) is 110 Å². The van der Waals surface area contributed by atoms with Crippen molar-refractivity contribution in [1.82, 2.24) is 16.2 Å². The molecule has 0 spiro atoms. The Bertz CT molecular complexity index is 850. The van der Waals surface area contributed by atoms with Crippen LogP contribution >= 0.6 is 11.6 Å². The summed E-state index contributed by atoms with van der Waals surface area (Å²) in [5.74, 6) is -1.35. The quantitative estimate of drug-likeness (QED) is 0.502. The summed E-state index contributed by atoms with van der Waals surface area (Å²) in [7, 11) is 0. The molecular formula is C19H22ClN3O5. The van der Waals surface area contributed by atoms with Gasteiger partial charge in [-0.15, -0.1) is 0 Å². The SMILES string of the molecule is Cc1cc(OCC(=O)NNC(=O)C(=O)NCc2ccco2)c(C(C)C)cc1Cl. The number of aryl methyl sites for hydroxylation is 1. The number of hydrazine groups is 1. The van der Waals surface area contributed by atoms with Gasteiger partial charge in [-0.25, -0.2) is 0 Å². The molecule has 28 heavy (non-hydrogen) atoms. The zero-order chi connectivity index (χ0) is 20.7. The highest BCUT2D eigenvalue weighted by molar-refractivity contribution is 6.35. The van der Waals surface area contributed by atoms with E-state index in [0.717, 1.165) is 11.1 Å². The highest BCUT2D eigenvalue weighted by Crippen LogP contribution is 2.31. The summed E-state index contributed by atoms with van der Waals surface area (Å²) in [4.78, 5) is 35.2. The lowest BCUT2D eigenvalue weighted by Crippen LogP contribution is -2.49. The molecule has 0 radical (unpaired) electrons. The fourth-order valence-electron chi connectivity index (χ4n) is 2.27. The normalized spacial score (nSPS) is 10.5. The molecule has 150 valence electrons. The maximum Gasteiger partial charge on any atom is 0.327 e. The van der Waals surface area contributed by atoms with Crippen molar-refractivity contribution in [3.63, 3.8) is 0 Å². The summed E-state index contributed by atoms with van der Waals surface area (Å²) in [5, 5.41) is 2.98. The van der Waals surface area contributed by atoms with Gasteiger partial charge in [0.15, 0.2) is 6.61 Å². The van der Waals surface area contributed by atoms with Gasteiger partial charge in [-0.1, -0.05) is 25.4 Å². The number of halogens is 1. The Hall–Kier alpha value is -3.00. The predicted octanol–water partition coefficient (Wildman–Crippen LogP) is 2.21. The average Bonchev–Trinajstić information content (AvgIpc) is 3.18. The van der Waals surface area contributed by atoms with Crippen LogP contribution in [0.4, 0.5) is 0 Å². The van der Waals surface area contributed by atoms with E-state index in [2.05, 4.69) is 10.7 Å². The molecule has 2 aromatic rings. The number of benzene rings is 1. The first-order valence-electron chi connectivity index (χ1n) is 8.60. The monoisotopic (exact) mass is 407 g/mol. The summed E-state index contributed by atoms with van der Waals surface area (Å²) in [6, 6.07) is 6.88. The average molecular weight is 408 g/mol. The highest BCUT2D eigenvalue weighted by Gasteiger charge is 2.16. The number of nitrogens with one attached hydrogen (secondary N) is 3. The van der Waals surface area contributed by atoms with Crippen LogP contribution in [0.2, 0.25) is 5.02 Å². The van der Waals surface area contributed by atoms with Crippen LogP contribution in [0.25, 0.3) is 0 Å². The van der Waals surface area contributed by atoms with Crippen LogP contribution in [-0.2, 0) is 20.9 Å². The molecule has 0 aliphatic heterocycles. The van der Waals surface area contributed by atoms with E-state index in [1.165, 1.54) is 6.26 Å². The molecule has 1 aromatic heterocycles. The van der Waals surface area contributed by atoms with Crippen LogP contribution in [0.15, 0.2) is 34.9 Å². The summed E-state index contributed by atoms with van der Waals surface area (Å²) in [6.45, 7) is 5.52. The van der Waals surface area contributed by atoms with Crippen LogP contribution in [0.1, 0.15) is 36.7 Å². The lowest BCUT2D eigenvalue weighted by atomic mass is 10.0. The number of hydrogen-bond acceptors (Lipinski definition) is 5. The molecule has 9 heteroatoms. The van der Waals surface area contributed by atoms with Gasteiger partial charge in [-0.05, 0) is 48.2 Å². The Morgan fingerprint density at radius 2 is 1.93 bits per heavy atom. The van der Waals surface area contributed by atoms with E-state index >= 15 is 0 Å². The third-order valence-corrected chi connectivity index (χ3v) is 4.20. The van der Waals surface area contributed by atoms with Gasteiger partial charge >= 0.3 is 11.8 Å². The van der Waals surface area contributed by atoms with Crippen molar-refractivity contribution < 1.29 is 23.5 Å². The summed E-state index contributed by atoms with van der Waals surface area (Å²) in [6.07, 6.45) is 1.45. The zero-order valence-corrected chi connectivity index (χ0v) is 16.6. The van der Waals surface area contributed by atoms with Crippen LogP contribution in [0.5, 0.6) is 5.75 Å². The van der Waals surface area contributed by atoms with Crippen LogP contribution in [-0.4, -0.2) is 24.3 Å². The van der Waals surface area contributed by atoms with E-state index in [0.29, 0.717) is 16.5 Å². The predicted molar refractivity (Wildman–Crippen MR) is 103 cm³/mol. The molecule has 8 nitrogen and oxygen atoms in total. The number of carbonyl (C=O) groups excluding carboxylic acids is 3. The standard InChI is InChI=1S/C19H22ClN3O5/c1-11(2)14-8-15(20)12(3)7-16(14)28-10-17(24)22-23-19(26)18(25)21-9-13-5-4-6-27-13/h4-8,11H,9-10H2,1-3H3,(H,21,25)(H,22,24)(H,23,26). The van der Waals surface area contributed by atoms with Gasteiger partial charge in [-0.3, -0.25) is 25.2 Å².